The fourth-order valence-corrected chi connectivity index (χ4v) is 10.0. The maximum absolute atomic E-state index is 5.28. The van der Waals surface area contributed by atoms with Crippen molar-refractivity contribution in [3.05, 3.63) is 253 Å². The molecule has 0 N–H and O–H groups in total. The van der Waals surface area contributed by atoms with E-state index in [0.29, 0.717) is 5.82 Å². The van der Waals surface area contributed by atoms with Crippen LogP contribution in [0.2, 0.25) is 0 Å². The lowest BCUT2D eigenvalue weighted by Gasteiger charge is -2.34. The summed E-state index contributed by atoms with van der Waals surface area (Å²) < 4.78 is 0. The summed E-state index contributed by atoms with van der Waals surface area (Å²) in [6.07, 6.45) is 0. The lowest BCUT2D eigenvalue weighted by Crippen LogP contribution is -2.28. The molecule has 284 valence electrons. The predicted molar refractivity (Wildman–Crippen MR) is 254 cm³/mol. The summed E-state index contributed by atoms with van der Waals surface area (Å²) in [5, 5.41) is 7.24. The molecule has 0 amide bonds. The van der Waals surface area contributed by atoms with Crippen molar-refractivity contribution >= 4 is 32.3 Å². The van der Waals surface area contributed by atoms with Gasteiger partial charge in [-0.1, -0.05) is 212 Å². The van der Waals surface area contributed by atoms with Crippen LogP contribution < -0.4 is 0 Å². The summed E-state index contributed by atoms with van der Waals surface area (Å²) >= 11 is 0. The third-order valence-corrected chi connectivity index (χ3v) is 12.8. The average Bonchev–Trinajstić information content (AvgIpc) is 3.65. The minimum atomic E-state index is -0.478. The first-order chi connectivity index (χ1) is 30.2. The highest BCUT2D eigenvalue weighted by molar-refractivity contribution is 6.08. The second-order valence-corrected chi connectivity index (χ2v) is 16.0. The molecule has 0 bridgehead atoms. The van der Waals surface area contributed by atoms with Crippen LogP contribution in [0.5, 0.6) is 0 Å². The normalized spacial score (nSPS) is 12.7. The molecule has 0 saturated carbocycles. The minimum absolute atomic E-state index is 0.478. The number of rotatable bonds is 6. The maximum atomic E-state index is 5.28. The molecule has 1 aliphatic carbocycles. The Hall–Kier alpha value is -7.94. The van der Waals surface area contributed by atoms with Gasteiger partial charge in [0.2, 0.25) is 0 Å². The van der Waals surface area contributed by atoms with Gasteiger partial charge < -0.3 is 0 Å². The number of benzene rings is 10. The number of nitrogens with zero attached hydrogens (tertiary/aromatic N) is 2. The van der Waals surface area contributed by atoms with Gasteiger partial charge in [0, 0.05) is 16.7 Å². The van der Waals surface area contributed by atoms with Gasteiger partial charge in [-0.3, -0.25) is 0 Å². The molecule has 0 saturated heterocycles. The molecule has 0 aliphatic heterocycles. The van der Waals surface area contributed by atoms with Gasteiger partial charge in [0.1, 0.15) is 0 Å². The molecule has 0 unspecified atom stereocenters. The largest absolute Gasteiger partial charge is 0.228 e. The van der Waals surface area contributed by atoms with Gasteiger partial charge in [0.15, 0.2) is 5.82 Å². The van der Waals surface area contributed by atoms with Crippen LogP contribution in [-0.4, -0.2) is 9.97 Å². The smallest absolute Gasteiger partial charge is 0.160 e. The first-order valence-electron chi connectivity index (χ1n) is 21.0. The van der Waals surface area contributed by atoms with Crippen molar-refractivity contribution in [1.82, 2.24) is 9.97 Å². The van der Waals surface area contributed by atoms with Crippen molar-refractivity contribution < 1.29 is 0 Å². The SMILES string of the molecule is c1ccc(-c2nc(-c3ccc4ccccc4c3)cc(-c3ccc(-c4ccc5c(c4)-c4c(ccc6ccccc46)C5(c4ccccc4)c4ccccc4)c4ccccc34)n2)cc1. The Balaban J connectivity index is 1.07. The highest BCUT2D eigenvalue weighted by Crippen LogP contribution is 2.58. The molecule has 12 rings (SSSR count). The molecule has 2 nitrogen and oxygen atoms in total. The van der Waals surface area contributed by atoms with Gasteiger partial charge in [-0.2, -0.15) is 0 Å². The quantitative estimate of drug-likeness (QED) is 0.168. The third-order valence-electron chi connectivity index (χ3n) is 12.8. The highest BCUT2D eigenvalue weighted by atomic mass is 14.9. The third kappa shape index (κ3) is 5.57. The first-order valence-corrected chi connectivity index (χ1v) is 21.0. The molecule has 0 fully saturated rings. The second kappa shape index (κ2) is 14.1. The Kier molecular flexibility index (Phi) is 8.11. The van der Waals surface area contributed by atoms with E-state index in [-0.39, 0.29) is 0 Å². The van der Waals surface area contributed by atoms with Gasteiger partial charge in [0.05, 0.1) is 16.8 Å². The van der Waals surface area contributed by atoms with Crippen LogP contribution in [0.3, 0.4) is 0 Å². The van der Waals surface area contributed by atoms with Gasteiger partial charge >= 0.3 is 0 Å². The minimum Gasteiger partial charge on any atom is -0.228 e. The Morgan fingerprint density at radius 1 is 0.295 bits per heavy atom. The molecular formula is C59H38N2. The van der Waals surface area contributed by atoms with E-state index in [0.717, 1.165) is 33.5 Å². The zero-order valence-corrected chi connectivity index (χ0v) is 33.3. The standard InChI is InChI=1S/C59H38N2/c1-4-18-41(19-5-1)58-60-55(44-29-28-39-16-10-11-20-42(39)36-44)38-56(61-58)51-33-32-47(49-26-14-15-27-50(49)51)43-31-34-53-52(37-43)57-48-25-13-12-17-40(48)30-35-54(57)59(53,45-21-6-2-7-22-45)46-23-8-3-9-24-46/h1-38H. The first kappa shape index (κ1) is 35.0. The fourth-order valence-electron chi connectivity index (χ4n) is 10.0. The predicted octanol–water partition coefficient (Wildman–Crippen LogP) is 15.0. The van der Waals surface area contributed by atoms with E-state index in [1.165, 1.54) is 71.4 Å². The van der Waals surface area contributed by atoms with E-state index in [2.05, 4.69) is 212 Å². The van der Waals surface area contributed by atoms with E-state index in [1.807, 2.05) is 18.2 Å². The summed E-state index contributed by atoms with van der Waals surface area (Å²) in [6.45, 7) is 0. The van der Waals surface area contributed by atoms with Gasteiger partial charge in [-0.15, -0.1) is 0 Å². The molecule has 1 aliphatic rings. The van der Waals surface area contributed by atoms with Crippen molar-refractivity contribution in [3.8, 4) is 56.2 Å². The van der Waals surface area contributed by atoms with Crippen molar-refractivity contribution in [2.24, 2.45) is 0 Å². The van der Waals surface area contributed by atoms with Crippen LogP contribution in [0.1, 0.15) is 22.3 Å². The number of hydrogen-bond acceptors (Lipinski definition) is 2. The maximum Gasteiger partial charge on any atom is 0.160 e. The van der Waals surface area contributed by atoms with E-state index in [9.17, 15) is 0 Å². The molecule has 10 aromatic carbocycles. The lowest BCUT2D eigenvalue weighted by atomic mass is 9.67. The fraction of sp³-hybridized carbons (Fsp3) is 0.0169. The average molecular weight is 775 g/mol. The summed E-state index contributed by atoms with van der Waals surface area (Å²) in [5.74, 6) is 0.708. The molecule has 0 spiro atoms. The molecule has 1 heterocycles. The molecule has 0 radical (unpaired) electrons. The molecule has 61 heavy (non-hydrogen) atoms. The lowest BCUT2D eigenvalue weighted by molar-refractivity contribution is 0.769. The summed E-state index contributed by atoms with van der Waals surface area (Å²) in [4.78, 5) is 10.4. The zero-order chi connectivity index (χ0) is 40.3. The molecule has 2 heteroatoms. The Morgan fingerprint density at radius 2 is 0.836 bits per heavy atom. The molecule has 1 aromatic heterocycles. The van der Waals surface area contributed by atoms with Crippen LogP contribution in [-0.2, 0) is 5.41 Å². The van der Waals surface area contributed by atoms with Crippen molar-refractivity contribution in [2.45, 2.75) is 5.41 Å². The van der Waals surface area contributed by atoms with Crippen LogP contribution in [0, 0.1) is 0 Å². The summed E-state index contributed by atoms with van der Waals surface area (Å²) in [7, 11) is 0. The van der Waals surface area contributed by atoms with Crippen molar-refractivity contribution in [2.75, 3.05) is 0 Å². The Labute approximate surface area is 355 Å². The van der Waals surface area contributed by atoms with Gasteiger partial charge in [0.25, 0.3) is 0 Å². The second-order valence-electron chi connectivity index (χ2n) is 16.0. The van der Waals surface area contributed by atoms with E-state index in [4.69, 9.17) is 9.97 Å². The summed E-state index contributed by atoms with van der Waals surface area (Å²) in [5.41, 5.74) is 14.5. The highest BCUT2D eigenvalue weighted by Gasteiger charge is 2.46. The topological polar surface area (TPSA) is 25.8 Å². The number of hydrogen-bond donors (Lipinski definition) is 0. The molecule has 11 aromatic rings. The monoisotopic (exact) mass is 774 g/mol. The van der Waals surface area contributed by atoms with Crippen LogP contribution in [0.4, 0.5) is 0 Å². The number of aromatic nitrogens is 2. The van der Waals surface area contributed by atoms with E-state index >= 15 is 0 Å². The van der Waals surface area contributed by atoms with E-state index in [1.54, 1.807) is 0 Å². The molecule has 0 atom stereocenters. The van der Waals surface area contributed by atoms with Crippen molar-refractivity contribution in [1.29, 1.82) is 0 Å². The van der Waals surface area contributed by atoms with Crippen molar-refractivity contribution in [3.63, 3.8) is 0 Å². The van der Waals surface area contributed by atoms with E-state index < -0.39 is 5.41 Å². The van der Waals surface area contributed by atoms with Crippen LogP contribution >= 0.6 is 0 Å². The zero-order valence-electron chi connectivity index (χ0n) is 33.3. The van der Waals surface area contributed by atoms with Gasteiger partial charge in [-0.25, -0.2) is 9.97 Å². The summed E-state index contributed by atoms with van der Waals surface area (Å²) in [6, 6.07) is 83.7. The Bertz CT molecular complexity index is 3420. The van der Waals surface area contributed by atoms with Crippen LogP contribution in [0.25, 0.3) is 88.5 Å². The molecular weight excluding hydrogens is 737 g/mol. The van der Waals surface area contributed by atoms with Crippen LogP contribution in [0.15, 0.2) is 231 Å². The van der Waals surface area contributed by atoms with Gasteiger partial charge in [-0.05, 0) is 95.0 Å². The number of fused-ring (bicyclic) bond motifs is 7. The Morgan fingerprint density at radius 3 is 1.57 bits per heavy atom.